The van der Waals surface area contributed by atoms with Crippen molar-refractivity contribution in [2.24, 2.45) is 4.99 Å². The van der Waals surface area contributed by atoms with E-state index >= 15 is 0 Å². The van der Waals surface area contributed by atoms with Crippen LogP contribution in [-0.4, -0.2) is 30.7 Å². The lowest BCUT2D eigenvalue weighted by Crippen LogP contribution is -2.40. The molecule has 2 aromatic rings. The fraction of sp³-hybridized carbons (Fsp3) is 0.471. The number of nitrogens with zero attached hydrogens (tertiary/aromatic N) is 1. The van der Waals surface area contributed by atoms with Gasteiger partial charge in [-0.2, -0.15) is 11.3 Å². The van der Waals surface area contributed by atoms with E-state index in [0.29, 0.717) is 12.5 Å². The maximum Gasteiger partial charge on any atom is 0.191 e. The highest BCUT2D eigenvalue weighted by Gasteiger charge is 2.23. The molecular weight excluding hydrogens is 453 g/mol. The number of halogens is 1. The van der Waals surface area contributed by atoms with E-state index in [0.717, 1.165) is 24.6 Å². The first-order chi connectivity index (χ1) is 11.0. The van der Waals surface area contributed by atoms with Gasteiger partial charge in [0, 0.05) is 23.9 Å². The van der Waals surface area contributed by atoms with E-state index < -0.39 is 5.60 Å². The van der Waals surface area contributed by atoms with Gasteiger partial charge in [0.1, 0.15) is 5.60 Å². The predicted octanol–water partition coefficient (Wildman–Crippen LogP) is 3.99. The van der Waals surface area contributed by atoms with Crippen molar-refractivity contribution in [3.63, 3.8) is 0 Å². The quantitative estimate of drug-likeness (QED) is 0.320. The van der Waals surface area contributed by atoms with Crippen molar-refractivity contribution >= 4 is 52.6 Å². The Kier molecular flexibility index (Phi) is 9.25. The van der Waals surface area contributed by atoms with E-state index in [1.807, 2.05) is 23.8 Å². The Labute approximate surface area is 169 Å². The van der Waals surface area contributed by atoms with Crippen LogP contribution in [0.1, 0.15) is 37.1 Å². The lowest BCUT2D eigenvalue weighted by molar-refractivity contribution is 0.0677. The monoisotopic (exact) mass is 479 g/mol. The van der Waals surface area contributed by atoms with E-state index in [1.165, 1.54) is 4.88 Å². The Morgan fingerprint density at radius 2 is 2.12 bits per heavy atom. The molecule has 2 heterocycles. The fourth-order valence-corrected chi connectivity index (χ4v) is 3.73. The number of guanidine groups is 1. The highest BCUT2D eigenvalue weighted by Crippen LogP contribution is 2.23. The van der Waals surface area contributed by atoms with Gasteiger partial charge in [0.05, 0.1) is 6.54 Å². The zero-order valence-electron chi connectivity index (χ0n) is 14.3. The third-order valence-corrected chi connectivity index (χ3v) is 5.42. The second-order valence-electron chi connectivity index (χ2n) is 5.78. The molecule has 2 aromatic heterocycles. The number of rotatable bonds is 7. The van der Waals surface area contributed by atoms with Gasteiger partial charge in [0.25, 0.3) is 0 Å². The van der Waals surface area contributed by atoms with Crippen LogP contribution in [0.4, 0.5) is 0 Å². The van der Waals surface area contributed by atoms with E-state index in [1.54, 1.807) is 29.6 Å². The van der Waals surface area contributed by atoms with E-state index in [-0.39, 0.29) is 24.0 Å². The Balaban J connectivity index is 0.00000288. The Morgan fingerprint density at radius 3 is 2.71 bits per heavy atom. The van der Waals surface area contributed by atoms with Gasteiger partial charge in [0.15, 0.2) is 5.96 Å². The molecule has 3 N–H and O–H groups in total. The second kappa shape index (κ2) is 10.4. The maximum atomic E-state index is 10.6. The number of aliphatic imine (C=N–C) groups is 1. The van der Waals surface area contributed by atoms with Crippen LogP contribution in [0.25, 0.3) is 0 Å². The summed E-state index contributed by atoms with van der Waals surface area (Å²) in [5, 5.41) is 23.2. The number of hydrogen-bond donors (Lipinski definition) is 3. The highest BCUT2D eigenvalue weighted by molar-refractivity contribution is 14.0. The van der Waals surface area contributed by atoms with Gasteiger partial charge in [-0.15, -0.1) is 35.3 Å². The molecule has 0 saturated heterocycles. The standard InChI is InChI=1S/C17H25N3OS2.HI/c1-4-18-16(19-10-13(2)15-6-5-8-23-15)20-12-17(3,21)14-7-9-22-11-14;/h5-9,11,13,21H,4,10,12H2,1-3H3,(H2,18,19,20);1H. The summed E-state index contributed by atoms with van der Waals surface area (Å²) in [4.78, 5) is 5.91. The minimum atomic E-state index is -0.943. The van der Waals surface area contributed by atoms with Crippen LogP contribution in [0.2, 0.25) is 0 Å². The number of hydrogen-bond acceptors (Lipinski definition) is 4. The van der Waals surface area contributed by atoms with Crippen LogP contribution in [-0.2, 0) is 5.60 Å². The number of nitrogens with one attached hydrogen (secondary N) is 2. The summed E-state index contributed by atoms with van der Waals surface area (Å²) >= 11 is 3.36. The average molecular weight is 479 g/mol. The van der Waals surface area contributed by atoms with Crippen LogP contribution < -0.4 is 10.6 Å². The molecule has 0 amide bonds. The first-order valence-corrected chi connectivity index (χ1v) is 9.66. The van der Waals surface area contributed by atoms with Gasteiger partial charge in [0.2, 0.25) is 0 Å². The van der Waals surface area contributed by atoms with Crippen LogP contribution in [0.5, 0.6) is 0 Å². The fourth-order valence-electron chi connectivity index (χ4n) is 2.16. The van der Waals surface area contributed by atoms with Crippen molar-refractivity contribution in [3.05, 3.63) is 44.8 Å². The molecule has 0 bridgehead atoms. The summed E-state index contributed by atoms with van der Waals surface area (Å²) in [6, 6.07) is 6.18. The predicted molar refractivity (Wildman–Crippen MR) is 116 cm³/mol. The molecule has 0 fully saturated rings. The number of aliphatic hydroxyl groups is 1. The molecule has 4 nitrogen and oxygen atoms in total. The molecule has 0 aromatic carbocycles. The molecule has 134 valence electrons. The van der Waals surface area contributed by atoms with Crippen molar-refractivity contribution in [1.82, 2.24) is 10.6 Å². The first kappa shape index (κ1) is 21.4. The molecule has 0 aliphatic carbocycles. The molecule has 2 rings (SSSR count). The zero-order chi connectivity index (χ0) is 16.7. The summed E-state index contributed by atoms with van der Waals surface area (Å²) in [5.41, 5.74) is -0.0316. The van der Waals surface area contributed by atoms with E-state index in [9.17, 15) is 5.11 Å². The van der Waals surface area contributed by atoms with Crippen molar-refractivity contribution in [2.75, 3.05) is 19.6 Å². The average Bonchev–Trinajstić information content (AvgIpc) is 3.23. The van der Waals surface area contributed by atoms with Crippen LogP contribution in [0, 0.1) is 0 Å². The molecule has 0 aliphatic rings. The largest absolute Gasteiger partial charge is 0.383 e. The molecule has 2 unspecified atom stereocenters. The maximum absolute atomic E-state index is 10.6. The SMILES string of the molecule is CCNC(=NCC(C)(O)c1ccsc1)NCC(C)c1cccs1.I. The van der Waals surface area contributed by atoms with Gasteiger partial charge in [-0.05, 0) is 47.7 Å². The highest BCUT2D eigenvalue weighted by atomic mass is 127. The van der Waals surface area contributed by atoms with Crippen molar-refractivity contribution in [2.45, 2.75) is 32.3 Å². The Hall–Kier alpha value is -0.640. The zero-order valence-corrected chi connectivity index (χ0v) is 18.2. The van der Waals surface area contributed by atoms with Crippen LogP contribution in [0.3, 0.4) is 0 Å². The summed E-state index contributed by atoms with van der Waals surface area (Å²) in [6.07, 6.45) is 0. The molecule has 2 atom stereocenters. The lowest BCUT2D eigenvalue weighted by Gasteiger charge is -2.21. The Morgan fingerprint density at radius 1 is 1.33 bits per heavy atom. The van der Waals surface area contributed by atoms with Crippen LogP contribution in [0.15, 0.2) is 39.3 Å². The van der Waals surface area contributed by atoms with Crippen molar-refractivity contribution in [3.8, 4) is 0 Å². The summed E-state index contributed by atoms with van der Waals surface area (Å²) < 4.78 is 0. The third-order valence-electron chi connectivity index (χ3n) is 3.64. The van der Waals surface area contributed by atoms with Crippen molar-refractivity contribution < 1.29 is 5.11 Å². The van der Waals surface area contributed by atoms with Gasteiger partial charge in [-0.25, -0.2) is 4.99 Å². The second-order valence-corrected chi connectivity index (χ2v) is 7.54. The minimum Gasteiger partial charge on any atom is -0.383 e. The van der Waals surface area contributed by atoms with Gasteiger partial charge < -0.3 is 15.7 Å². The summed E-state index contributed by atoms with van der Waals surface area (Å²) in [7, 11) is 0. The molecule has 0 aliphatic heterocycles. The first-order valence-electron chi connectivity index (χ1n) is 7.83. The summed E-state index contributed by atoms with van der Waals surface area (Å²) in [5.74, 6) is 1.17. The summed E-state index contributed by atoms with van der Waals surface area (Å²) in [6.45, 7) is 7.97. The minimum absolute atomic E-state index is 0. The topological polar surface area (TPSA) is 56.7 Å². The Bertz CT molecular complexity index is 597. The molecule has 0 saturated carbocycles. The normalized spacial score (nSPS) is 15.2. The molecule has 0 radical (unpaired) electrons. The van der Waals surface area contributed by atoms with E-state index in [4.69, 9.17) is 0 Å². The third kappa shape index (κ3) is 6.34. The molecule has 0 spiro atoms. The van der Waals surface area contributed by atoms with Crippen LogP contribution >= 0.6 is 46.7 Å². The van der Waals surface area contributed by atoms with Gasteiger partial charge in [-0.3, -0.25) is 0 Å². The smallest absolute Gasteiger partial charge is 0.191 e. The molecule has 7 heteroatoms. The van der Waals surface area contributed by atoms with E-state index in [2.05, 4.69) is 40.1 Å². The number of thiophene rings is 2. The molecular formula is C17H26IN3OS2. The lowest BCUT2D eigenvalue weighted by atomic mass is 10.00. The van der Waals surface area contributed by atoms with Gasteiger partial charge >= 0.3 is 0 Å². The molecule has 24 heavy (non-hydrogen) atoms. The van der Waals surface area contributed by atoms with Crippen molar-refractivity contribution in [1.29, 1.82) is 0 Å². The van der Waals surface area contributed by atoms with Gasteiger partial charge in [-0.1, -0.05) is 13.0 Å².